The molecule has 5 nitrogen and oxygen atoms in total. The molecule has 0 bridgehead atoms. The lowest BCUT2D eigenvalue weighted by Crippen LogP contribution is -2.34. The molecule has 0 saturated carbocycles. The standard InChI is InChI=1S/C18H18Br2N2O3S/c1-10-6-15(4-5-16(10)20)21-26(24,25)17-9-14(19)8-13-7-11(2)22(12(3)23)18(13)17/h4-6,8-9,11,21H,7H2,1-3H3/t11-/m0/s1. The second kappa shape index (κ2) is 6.98. The van der Waals surface area contributed by atoms with Crippen LogP contribution in [0.2, 0.25) is 0 Å². The van der Waals surface area contributed by atoms with Crippen LogP contribution in [0.4, 0.5) is 11.4 Å². The van der Waals surface area contributed by atoms with Crippen molar-refractivity contribution < 1.29 is 13.2 Å². The molecule has 0 saturated heterocycles. The molecule has 0 unspecified atom stereocenters. The van der Waals surface area contributed by atoms with Crippen LogP contribution in [-0.4, -0.2) is 20.4 Å². The Balaban J connectivity index is 2.11. The first-order valence-corrected chi connectivity index (χ1v) is 11.1. The van der Waals surface area contributed by atoms with Crippen molar-refractivity contribution in [1.29, 1.82) is 0 Å². The first-order chi connectivity index (χ1) is 12.1. The molecule has 0 fully saturated rings. The monoisotopic (exact) mass is 500 g/mol. The van der Waals surface area contributed by atoms with Crippen LogP contribution in [0.3, 0.4) is 0 Å². The number of aryl methyl sites for hydroxylation is 1. The summed E-state index contributed by atoms with van der Waals surface area (Å²) < 4.78 is 30.4. The maximum atomic E-state index is 13.1. The lowest BCUT2D eigenvalue weighted by molar-refractivity contribution is -0.116. The number of sulfonamides is 1. The first-order valence-electron chi connectivity index (χ1n) is 8.01. The van der Waals surface area contributed by atoms with E-state index < -0.39 is 10.0 Å². The fourth-order valence-electron chi connectivity index (χ4n) is 3.28. The van der Waals surface area contributed by atoms with Gasteiger partial charge in [-0.15, -0.1) is 0 Å². The lowest BCUT2D eigenvalue weighted by Gasteiger charge is -2.23. The summed E-state index contributed by atoms with van der Waals surface area (Å²) in [6.07, 6.45) is 0.619. The van der Waals surface area contributed by atoms with E-state index in [0.29, 0.717) is 22.3 Å². The smallest absolute Gasteiger partial charge is 0.264 e. The molecule has 0 radical (unpaired) electrons. The Morgan fingerprint density at radius 3 is 2.54 bits per heavy atom. The summed E-state index contributed by atoms with van der Waals surface area (Å²) in [6, 6.07) is 8.57. The maximum absolute atomic E-state index is 13.1. The van der Waals surface area contributed by atoms with Gasteiger partial charge >= 0.3 is 0 Å². The normalized spacial score (nSPS) is 16.5. The third kappa shape index (κ3) is 3.54. The molecule has 138 valence electrons. The summed E-state index contributed by atoms with van der Waals surface area (Å²) in [7, 11) is -3.87. The second-order valence-electron chi connectivity index (χ2n) is 6.42. The highest BCUT2D eigenvalue weighted by molar-refractivity contribution is 9.10. The third-order valence-corrected chi connectivity index (χ3v) is 7.10. The highest BCUT2D eigenvalue weighted by Gasteiger charge is 2.35. The van der Waals surface area contributed by atoms with Crippen LogP contribution in [0.5, 0.6) is 0 Å². The van der Waals surface area contributed by atoms with E-state index in [1.165, 1.54) is 6.92 Å². The minimum absolute atomic E-state index is 0.0827. The summed E-state index contributed by atoms with van der Waals surface area (Å²) >= 11 is 6.80. The van der Waals surface area contributed by atoms with E-state index in [1.54, 1.807) is 29.2 Å². The van der Waals surface area contributed by atoms with Crippen molar-refractivity contribution in [2.45, 2.75) is 38.1 Å². The second-order valence-corrected chi connectivity index (χ2v) is 9.84. The number of nitrogens with zero attached hydrogens (tertiary/aromatic N) is 1. The van der Waals surface area contributed by atoms with Gasteiger partial charge in [-0.3, -0.25) is 9.52 Å². The van der Waals surface area contributed by atoms with Gasteiger partial charge in [0.05, 0.1) is 5.69 Å². The predicted octanol–water partition coefficient (Wildman–Crippen LogP) is 4.62. The van der Waals surface area contributed by atoms with Gasteiger partial charge in [0.15, 0.2) is 0 Å². The Hall–Kier alpha value is -1.38. The number of hydrogen-bond donors (Lipinski definition) is 1. The minimum Gasteiger partial charge on any atom is -0.308 e. The molecule has 2 aromatic rings. The number of fused-ring (bicyclic) bond motifs is 1. The number of halogens is 2. The van der Waals surface area contributed by atoms with E-state index in [0.717, 1.165) is 15.6 Å². The maximum Gasteiger partial charge on any atom is 0.264 e. The third-order valence-electron chi connectivity index (χ3n) is 4.35. The zero-order valence-electron chi connectivity index (χ0n) is 14.5. The number of rotatable bonds is 3. The van der Waals surface area contributed by atoms with Crippen LogP contribution in [0, 0.1) is 6.92 Å². The van der Waals surface area contributed by atoms with Crippen LogP contribution in [0.1, 0.15) is 25.0 Å². The molecular formula is C18H18Br2N2O3S. The van der Waals surface area contributed by atoms with Gasteiger partial charge in [0.1, 0.15) is 4.90 Å². The summed E-state index contributed by atoms with van der Waals surface area (Å²) in [5.74, 6) is -0.172. The zero-order valence-corrected chi connectivity index (χ0v) is 18.5. The van der Waals surface area contributed by atoms with E-state index in [2.05, 4.69) is 36.6 Å². The first kappa shape index (κ1) is 19.4. The van der Waals surface area contributed by atoms with Crippen molar-refractivity contribution >= 4 is 59.2 Å². The molecule has 8 heteroatoms. The van der Waals surface area contributed by atoms with Crippen molar-refractivity contribution in [1.82, 2.24) is 0 Å². The van der Waals surface area contributed by atoms with Gasteiger partial charge in [0.25, 0.3) is 10.0 Å². The van der Waals surface area contributed by atoms with Gasteiger partial charge in [-0.25, -0.2) is 8.42 Å². The summed E-state index contributed by atoms with van der Waals surface area (Å²) in [5, 5.41) is 0. The average molecular weight is 502 g/mol. The van der Waals surface area contributed by atoms with Crippen molar-refractivity contribution in [3.8, 4) is 0 Å². The number of nitrogens with one attached hydrogen (secondary N) is 1. The van der Waals surface area contributed by atoms with Gasteiger partial charge in [-0.1, -0.05) is 31.9 Å². The van der Waals surface area contributed by atoms with E-state index >= 15 is 0 Å². The molecule has 1 N–H and O–H groups in total. The molecule has 3 rings (SSSR count). The molecule has 26 heavy (non-hydrogen) atoms. The summed E-state index contributed by atoms with van der Waals surface area (Å²) in [4.78, 5) is 13.8. The Labute approximate surface area is 170 Å². The predicted molar refractivity (Wildman–Crippen MR) is 110 cm³/mol. The molecule has 1 aliphatic rings. The van der Waals surface area contributed by atoms with E-state index in [1.807, 2.05) is 19.9 Å². The Bertz CT molecular complexity index is 1010. The molecule has 1 aliphatic heterocycles. The van der Waals surface area contributed by atoms with E-state index in [-0.39, 0.29) is 16.8 Å². The molecule has 1 atom stereocenters. The van der Waals surface area contributed by atoms with Crippen molar-refractivity contribution in [2.75, 3.05) is 9.62 Å². The lowest BCUT2D eigenvalue weighted by atomic mass is 10.1. The number of carbonyl (C=O) groups excluding carboxylic acids is 1. The van der Waals surface area contributed by atoms with Crippen LogP contribution in [-0.2, 0) is 21.2 Å². The summed E-state index contributed by atoms with van der Waals surface area (Å²) in [5.41, 5.74) is 2.70. The topological polar surface area (TPSA) is 66.5 Å². The molecule has 2 aromatic carbocycles. The highest BCUT2D eigenvalue weighted by Crippen LogP contribution is 2.40. The number of hydrogen-bond acceptors (Lipinski definition) is 3. The fraction of sp³-hybridized carbons (Fsp3) is 0.278. The van der Waals surface area contributed by atoms with Crippen molar-refractivity contribution in [2.24, 2.45) is 0 Å². The van der Waals surface area contributed by atoms with Gasteiger partial charge in [0, 0.05) is 27.6 Å². The number of benzene rings is 2. The quantitative estimate of drug-likeness (QED) is 0.667. The number of carbonyl (C=O) groups is 1. The van der Waals surface area contributed by atoms with Gasteiger partial charge < -0.3 is 4.90 Å². The number of anilines is 2. The molecule has 1 heterocycles. The molecule has 0 aromatic heterocycles. The number of amides is 1. The summed E-state index contributed by atoms with van der Waals surface area (Å²) in [6.45, 7) is 5.25. The molecular weight excluding hydrogens is 484 g/mol. The van der Waals surface area contributed by atoms with Crippen molar-refractivity contribution in [3.63, 3.8) is 0 Å². The van der Waals surface area contributed by atoms with Gasteiger partial charge in [-0.2, -0.15) is 0 Å². The SMILES string of the molecule is CC(=O)N1c2c(cc(Br)cc2S(=O)(=O)Nc2ccc(Br)c(C)c2)C[C@@H]1C. The van der Waals surface area contributed by atoms with Crippen molar-refractivity contribution in [3.05, 3.63) is 50.4 Å². The fourth-order valence-corrected chi connectivity index (χ4v) is 5.49. The van der Waals surface area contributed by atoms with E-state index in [9.17, 15) is 13.2 Å². The Kier molecular flexibility index (Phi) is 5.20. The van der Waals surface area contributed by atoms with Crippen LogP contribution < -0.4 is 9.62 Å². The van der Waals surface area contributed by atoms with Crippen LogP contribution in [0.15, 0.2) is 44.2 Å². The Morgan fingerprint density at radius 1 is 1.23 bits per heavy atom. The van der Waals surface area contributed by atoms with Gasteiger partial charge in [0.2, 0.25) is 5.91 Å². The zero-order chi connectivity index (χ0) is 19.2. The van der Waals surface area contributed by atoms with Gasteiger partial charge in [-0.05, 0) is 61.7 Å². The average Bonchev–Trinajstić information content (AvgIpc) is 2.85. The molecule has 1 amide bonds. The Morgan fingerprint density at radius 2 is 1.92 bits per heavy atom. The molecule has 0 spiro atoms. The molecule has 0 aliphatic carbocycles. The highest BCUT2D eigenvalue weighted by atomic mass is 79.9. The van der Waals surface area contributed by atoms with E-state index in [4.69, 9.17) is 0 Å². The largest absolute Gasteiger partial charge is 0.308 e. The van der Waals surface area contributed by atoms with Crippen LogP contribution in [0.25, 0.3) is 0 Å². The van der Waals surface area contributed by atoms with Crippen LogP contribution >= 0.6 is 31.9 Å². The minimum atomic E-state index is -3.87.